The van der Waals surface area contributed by atoms with E-state index in [4.69, 9.17) is 5.10 Å². The van der Waals surface area contributed by atoms with Crippen molar-refractivity contribution in [2.75, 3.05) is 49.1 Å². The molecule has 0 amide bonds. The number of hydrogen-bond donors (Lipinski definition) is 1. The van der Waals surface area contributed by atoms with Crippen molar-refractivity contribution >= 4 is 24.0 Å². The number of piperidine rings is 1. The summed E-state index contributed by atoms with van der Waals surface area (Å²) in [7, 11) is 0. The molecule has 176 valence electrons. The molecule has 0 saturated carbocycles. The fraction of sp³-hybridized carbons (Fsp3) is 0.458. The minimum atomic E-state index is -0.190. The van der Waals surface area contributed by atoms with Crippen LogP contribution in [0.5, 0.6) is 0 Å². The third-order valence-corrected chi connectivity index (χ3v) is 6.51. The molecule has 2 aliphatic rings. The molecule has 0 aliphatic carbocycles. The first-order valence-electron chi connectivity index (χ1n) is 11.5. The molecule has 2 aliphatic heterocycles. The number of aliphatic hydroxyl groups is 1. The molecule has 2 saturated heterocycles. The minimum Gasteiger partial charge on any atom is -0.393 e. The van der Waals surface area contributed by atoms with Gasteiger partial charge in [-0.15, -0.1) is 12.4 Å². The lowest BCUT2D eigenvalue weighted by molar-refractivity contribution is 0.145. The van der Waals surface area contributed by atoms with Gasteiger partial charge in [0.1, 0.15) is 0 Å². The second kappa shape index (κ2) is 10.5. The predicted octanol–water partition coefficient (Wildman–Crippen LogP) is 2.68. The van der Waals surface area contributed by atoms with Gasteiger partial charge in [0, 0.05) is 70.0 Å². The maximum atomic E-state index is 9.84. The summed E-state index contributed by atoms with van der Waals surface area (Å²) in [4.78, 5) is 16.4. The maximum Gasteiger partial charge on any atom is 0.172 e. The van der Waals surface area contributed by atoms with Crippen LogP contribution in [0.15, 0.2) is 48.9 Å². The zero-order chi connectivity index (χ0) is 21.9. The van der Waals surface area contributed by atoms with Gasteiger partial charge in [0.15, 0.2) is 11.6 Å². The summed E-state index contributed by atoms with van der Waals surface area (Å²) >= 11 is 0. The molecule has 0 radical (unpaired) electrons. The molecule has 1 aromatic carbocycles. The summed E-state index contributed by atoms with van der Waals surface area (Å²) in [6, 6.07) is 10.3. The number of rotatable bonds is 5. The second-order valence-electron chi connectivity index (χ2n) is 8.70. The zero-order valence-corrected chi connectivity index (χ0v) is 19.9. The van der Waals surface area contributed by atoms with Gasteiger partial charge in [-0.05, 0) is 31.9 Å². The van der Waals surface area contributed by atoms with E-state index in [1.54, 1.807) is 12.4 Å². The third-order valence-electron chi connectivity index (χ3n) is 6.51. The zero-order valence-electron chi connectivity index (χ0n) is 19.0. The maximum absolute atomic E-state index is 9.84. The molecule has 0 atom stereocenters. The molecule has 2 aromatic heterocycles. The lowest BCUT2D eigenvalue weighted by Gasteiger charge is -2.38. The van der Waals surface area contributed by atoms with Crippen LogP contribution in [0.4, 0.5) is 11.6 Å². The Morgan fingerprint density at radius 2 is 1.48 bits per heavy atom. The van der Waals surface area contributed by atoms with Crippen LogP contribution in [0.25, 0.3) is 5.69 Å². The van der Waals surface area contributed by atoms with Gasteiger partial charge in [0.25, 0.3) is 0 Å². The first-order chi connectivity index (χ1) is 15.7. The number of aliphatic hydroxyl groups excluding tert-OH is 1. The number of para-hydroxylation sites is 1. The van der Waals surface area contributed by atoms with Gasteiger partial charge in [0.2, 0.25) is 0 Å². The molecule has 0 unspecified atom stereocenters. The topological polar surface area (TPSA) is 73.6 Å². The number of benzene rings is 1. The molecule has 9 heteroatoms. The molecule has 4 heterocycles. The standard InChI is InChI=1S/C24H31N7O.ClH/c1-19-20(18-31(27-19)21-5-3-2-4-6-21)17-28-13-15-30(16-14-28)24-23(25-9-10-26-24)29-11-7-22(32)8-12-29;/h2-6,9-10,18,22,32H,7-8,11-17H2,1H3;1H. The van der Waals surface area contributed by atoms with Crippen LogP contribution >= 0.6 is 12.4 Å². The Morgan fingerprint density at radius 1 is 0.879 bits per heavy atom. The van der Waals surface area contributed by atoms with Crippen LogP contribution in [0.3, 0.4) is 0 Å². The van der Waals surface area contributed by atoms with E-state index in [1.165, 1.54) is 5.56 Å². The molecule has 5 rings (SSSR count). The first-order valence-corrected chi connectivity index (χ1v) is 11.5. The molecule has 0 bridgehead atoms. The lowest BCUT2D eigenvalue weighted by atomic mass is 10.1. The molecule has 3 aromatic rings. The van der Waals surface area contributed by atoms with Crippen molar-refractivity contribution in [1.29, 1.82) is 0 Å². The average molecular weight is 470 g/mol. The van der Waals surface area contributed by atoms with E-state index in [-0.39, 0.29) is 18.5 Å². The monoisotopic (exact) mass is 469 g/mol. The second-order valence-corrected chi connectivity index (χ2v) is 8.70. The van der Waals surface area contributed by atoms with Gasteiger partial charge >= 0.3 is 0 Å². The van der Waals surface area contributed by atoms with Gasteiger partial charge < -0.3 is 14.9 Å². The molecule has 2 fully saturated rings. The third kappa shape index (κ3) is 5.29. The molecule has 1 N–H and O–H groups in total. The summed E-state index contributed by atoms with van der Waals surface area (Å²) in [5.74, 6) is 1.92. The average Bonchev–Trinajstić information content (AvgIpc) is 3.21. The van der Waals surface area contributed by atoms with Crippen molar-refractivity contribution < 1.29 is 5.11 Å². The number of aryl methyl sites for hydroxylation is 1. The number of hydrogen-bond acceptors (Lipinski definition) is 7. The van der Waals surface area contributed by atoms with Gasteiger partial charge in [-0.3, -0.25) is 4.90 Å². The van der Waals surface area contributed by atoms with Crippen LogP contribution in [0.1, 0.15) is 24.1 Å². The smallest absolute Gasteiger partial charge is 0.172 e. The number of nitrogens with zero attached hydrogens (tertiary/aromatic N) is 7. The van der Waals surface area contributed by atoms with Crippen LogP contribution in [-0.4, -0.2) is 75.1 Å². The largest absolute Gasteiger partial charge is 0.393 e. The highest BCUT2D eigenvalue weighted by Gasteiger charge is 2.26. The summed E-state index contributed by atoms with van der Waals surface area (Å²) in [6.45, 7) is 8.46. The van der Waals surface area contributed by atoms with Crippen molar-refractivity contribution in [3.05, 3.63) is 60.2 Å². The molecule has 8 nitrogen and oxygen atoms in total. The van der Waals surface area contributed by atoms with Gasteiger partial charge in [-0.1, -0.05) is 18.2 Å². The van der Waals surface area contributed by atoms with Crippen LogP contribution < -0.4 is 9.80 Å². The van der Waals surface area contributed by atoms with E-state index in [1.807, 2.05) is 22.9 Å². The lowest BCUT2D eigenvalue weighted by Crippen LogP contribution is -2.47. The molecule has 33 heavy (non-hydrogen) atoms. The quantitative estimate of drug-likeness (QED) is 0.615. The molecular formula is C24H32ClN7O. The van der Waals surface area contributed by atoms with E-state index in [9.17, 15) is 5.11 Å². The van der Waals surface area contributed by atoms with E-state index in [0.29, 0.717) is 0 Å². The Bertz CT molecular complexity index is 1030. The fourth-order valence-corrected chi connectivity index (χ4v) is 4.57. The van der Waals surface area contributed by atoms with Crippen molar-refractivity contribution in [3.63, 3.8) is 0 Å². The minimum absolute atomic E-state index is 0. The van der Waals surface area contributed by atoms with Crippen LogP contribution in [-0.2, 0) is 6.54 Å². The number of aromatic nitrogens is 4. The van der Waals surface area contributed by atoms with Crippen LogP contribution in [0.2, 0.25) is 0 Å². The highest BCUT2D eigenvalue weighted by atomic mass is 35.5. The van der Waals surface area contributed by atoms with Crippen molar-refractivity contribution in [1.82, 2.24) is 24.6 Å². The predicted molar refractivity (Wildman–Crippen MR) is 133 cm³/mol. The Balaban J connectivity index is 0.00000259. The van der Waals surface area contributed by atoms with Gasteiger partial charge in [0.05, 0.1) is 17.5 Å². The van der Waals surface area contributed by atoms with Crippen molar-refractivity contribution in [3.8, 4) is 5.69 Å². The number of anilines is 2. The number of halogens is 1. The fourth-order valence-electron chi connectivity index (χ4n) is 4.57. The SMILES string of the molecule is Cc1nn(-c2ccccc2)cc1CN1CCN(c2nccnc2N2CCC(O)CC2)CC1.Cl. The number of piperazine rings is 1. The Labute approximate surface area is 201 Å². The summed E-state index contributed by atoms with van der Waals surface area (Å²) in [5.41, 5.74) is 3.45. The Kier molecular flexibility index (Phi) is 7.47. The van der Waals surface area contributed by atoms with E-state index in [0.717, 1.165) is 81.7 Å². The summed E-state index contributed by atoms with van der Waals surface area (Å²) in [6.07, 6.45) is 7.10. The van der Waals surface area contributed by atoms with Crippen LogP contribution in [0, 0.1) is 6.92 Å². The van der Waals surface area contributed by atoms with Gasteiger partial charge in [-0.2, -0.15) is 5.10 Å². The highest BCUT2D eigenvalue weighted by molar-refractivity contribution is 5.85. The first kappa shape index (κ1) is 23.5. The highest BCUT2D eigenvalue weighted by Crippen LogP contribution is 2.28. The summed E-state index contributed by atoms with van der Waals surface area (Å²) in [5, 5.41) is 14.6. The molecular weight excluding hydrogens is 438 g/mol. The molecule has 0 spiro atoms. The normalized spacial score (nSPS) is 17.8. The van der Waals surface area contributed by atoms with Gasteiger partial charge in [-0.25, -0.2) is 14.6 Å². The summed E-state index contributed by atoms with van der Waals surface area (Å²) < 4.78 is 1.97. The van der Waals surface area contributed by atoms with E-state index < -0.39 is 0 Å². The Morgan fingerprint density at radius 3 is 2.12 bits per heavy atom. The van der Waals surface area contributed by atoms with Crippen molar-refractivity contribution in [2.24, 2.45) is 0 Å². The van der Waals surface area contributed by atoms with E-state index in [2.05, 4.69) is 49.9 Å². The Hall–Kier alpha value is -2.68. The van der Waals surface area contributed by atoms with E-state index >= 15 is 0 Å². The van der Waals surface area contributed by atoms with Crippen molar-refractivity contribution in [2.45, 2.75) is 32.4 Å².